The molecule has 30 heavy (non-hydrogen) atoms. The molecule has 0 bridgehead atoms. The lowest BCUT2D eigenvalue weighted by atomic mass is 10.2. The van der Waals surface area contributed by atoms with Crippen molar-refractivity contribution in [2.45, 2.75) is 23.3 Å². The maximum atomic E-state index is 13.8. The van der Waals surface area contributed by atoms with Crippen LogP contribution in [0.3, 0.4) is 0 Å². The number of benzene rings is 2. The van der Waals surface area contributed by atoms with E-state index >= 15 is 0 Å². The fourth-order valence-corrected chi connectivity index (χ4v) is 4.20. The number of nitrogens with zero attached hydrogens (tertiary/aromatic N) is 1. The Morgan fingerprint density at radius 1 is 1.07 bits per heavy atom. The minimum absolute atomic E-state index is 0.0469. The molecule has 0 fully saturated rings. The summed E-state index contributed by atoms with van der Waals surface area (Å²) in [4.78, 5) is 16.2. The zero-order chi connectivity index (χ0) is 21.3. The van der Waals surface area contributed by atoms with Gasteiger partial charge in [0.05, 0.1) is 16.0 Å². The second kappa shape index (κ2) is 7.72. The number of amides is 1. The molecule has 0 aliphatic carbocycles. The molecule has 0 saturated carbocycles. The van der Waals surface area contributed by atoms with Crippen molar-refractivity contribution in [1.82, 2.24) is 10.3 Å². The van der Waals surface area contributed by atoms with Gasteiger partial charge in [0.25, 0.3) is 5.91 Å². The van der Waals surface area contributed by atoms with Crippen LogP contribution in [-0.2, 0) is 16.4 Å². The van der Waals surface area contributed by atoms with Crippen LogP contribution in [0.15, 0.2) is 81.2 Å². The Kier molecular flexibility index (Phi) is 5.09. The van der Waals surface area contributed by atoms with Crippen molar-refractivity contribution in [2.24, 2.45) is 0 Å². The highest BCUT2D eigenvalue weighted by Crippen LogP contribution is 2.23. The average molecular weight is 424 g/mol. The van der Waals surface area contributed by atoms with E-state index in [0.29, 0.717) is 16.7 Å². The van der Waals surface area contributed by atoms with Gasteiger partial charge in [-0.3, -0.25) is 9.78 Å². The van der Waals surface area contributed by atoms with Gasteiger partial charge in [0.15, 0.2) is 11.3 Å². The number of halogens is 1. The van der Waals surface area contributed by atoms with Gasteiger partial charge >= 0.3 is 0 Å². The average Bonchev–Trinajstić information content (AvgIpc) is 3.18. The van der Waals surface area contributed by atoms with Gasteiger partial charge in [0.2, 0.25) is 9.84 Å². The number of rotatable bonds is 5. The first-order chi connectivity index (χ1) is 14.3. The second-order valence-electron chi connectivity index (χ2n) is 6.77. The van der Waals surface area contributed by atoms with Gasteiger partial charge in [-0.05, 0) is 54.4 Å². The molecular weight excluding hydrogens is 407 g/mol. The number of nitrogens with one attached hydrogen (secondary N) is 1. The molecular formula is C22H17FN2O4S. The summed E-state index contributed by atoms with van der Waals surface area (Å²) < 4.78 is 44.6. The minimum Gasteiger partial charge on any atom is -0.449 e. The predicted molar refractivity (Wildman–Crippen MR) is 108 cm³/mol. The number of carbonyl (C=O) groups excluding carboxylic acids is 1. The van der Waals surface area contributed by atoms with Crippen molar-refractivity contribution in [3.8, 4) is 0 Å². The highest BCUT2D eigenvalue weighted by molar-refractivity contribution is 7.91. The molecule has 2 heterocycles. The van der Waals surface area contributed by atoms with Gasteiger partial charge in [-0.2, -0.15) is 0 Å². The third-order valence-electron chi connectivity index (χ3n) is 4.69. The Hall–Kier alpha value is -3.52. The minimum atomic E-state index is -3.83. The molecule has 152 valence electrons. The number of hydrogen-bond acceptors (Lipinski definition) is 5. The first kappa shape index (κ1) is 19.8. The molecule has 0 unspecified atom stereocenters. The third kappa shape index (κ3) is 3.81. The summed E-state index contributed by atoms with van der Waals surface area (Å²) in [5, 5.41) is 3.50. The molecule has 4 rings (SSSR count). The monoisotopic (exact) mass is 424 g/mol. The van der Waals surface area contributed by atoms with Crippen molar-refractivity contribution < 1.29 is 22.0 Å². The summed E-state index contributed by atoms with van der Waals surface area (Å²) in [5.74, 6) is -0.798. The SMILES string of the molecule is Cc1ccc(S(=O)(=O)c2ccc(CNC(=O)c3cc4ccncc4o3)cc2)cc1F. The zero-order valence-electron chi connectivity index (χ0n) is 15.9. The van der Waals surface area contributed by atoms with Crippen LogP contribution in [0.2, 0.25) is 0 Å². The molecule has 1 N–H and O–H groups in total. The Morgan fingerprint density at radius 3 is 2.50 bits per heavy atom. The number of fused-ring (bicyclic) bond motifs is 1. The smallest absolute Gasteiger partial charge is 0.287 e. The fourth-order valence-electron chi connectivity index (χ4n) is 2.93. The largest absolute Gasteiger partial charge is 0.449 e. The normalized spacial score (nSPS) is 11.5. The maximum Gasteiger partial charge on any atom is 0.287 e. The summed E-state index contributed by atoms with van der Waals surface area (Å²) in [7, 11) is -3.83. The number of furan rings is 1. The Balaban J connectivity index is 1.46. The van der Waals surface area contributed by atoms with Gasteiger partial charge in [0.1, 0.15) is 5.82 Å². The molecule has 1 amide bonds. The molecule has 0 aliphatic heterocycles. The molecule has 0 saturated heterocycles. The van der Waals surface area contributed by atoms with Crippen LogP contribution in [0.25, 0.3) is 11.0 Å². The number of hydrogen-bond donors (Lipinski definition) is 1. The van der Waals surface area contributed by atoms with E-state index in [2.05, 4.69) is 10.3 Å². The van der Waals surface area contributed by atoms with E-state index in [9.17, 15) is 17.6 Å². The van der Waals surface area contributed by atoms with Crippen LogP contribution >= 0.6 is 0 Å². The maximum absolute atomic E-state index is 13.8. The molecule has 0 radical (unpaired) electrons. The van der Waals surface area contributed by atoms with Crippen molar-refractivity contribution in [3.63, 3.8) is 0 Å². The van der Waals surface area contributed by atoms with Gasteiger partial charge < -0.3 is 9.73 Å². The van der Waals surface area contributed by atoms with E-state index in [-0.39, 0.29) is 22.1 Å². The molecule has 2 aromatic heterocycles. The highest BCUT2D eigenvalue weighted by atomic mass is 32.2. The second-order valence-corrected chi connectivity index (χ2v) is 8.71. The lowest BCUT2D eigenvalue weighted by Gasteiger charge is -2.08. The van der Waals surface area contributed by atoms with Crippen LogP contribution in [0.1, 0.15) is 21.7 Å². The van der Waals surface area contributed by atoms with E-state index in [1.807, 2.05) is 0 Å². The zero-order valence-corrected chi connectivity index (χ0v) is 16.7. The Bertz CT molecular complexity index is 1310. The van der Waals surface area contributed by atoms with E-state index in [1.54, 1.807) is 37.4 Å². The van der Waals surface area contributed by atoms with Crippen LogP contribution in [0, 0.1) is 12.7 Å². The number of pyridine rings is 1. The van der Waals surface area contributed by atoms with E-state index in [4.69, 9.17) is 4.42 Å². The number of aryl methyl sites for hydroxylation is 1. The van der Waals surface area contributed by atoms with Crippen molar-refractivity contribution in [1.29, 1.82) is 0 Å². The predicted octanol–water partition coefficient (Wildman–Crippen LogP) is 4.04. The van der Waals surface area contributed by atoms with Crippen molar-refractivity contribution in [3.05, 3.63) is 89.7 Å². The molecule has 0 spiro atoms. The highest BCUT2D eigenvalue weighted by Gasteiger charge is 2.19. The van der Waals surface area contributed by atoms with Gasteiger partial charge in [0, 0.05) is 18.1 Å². The first-order valence-electron chi connectivity index (χ1n) is 9.06. The van der Waals surface area contributed by atoms with Crippen LogP contribution in [0.5, 0.6) is 0 Å². The summed E-state index contributed by atoms with van der Waals surface area (Å²) in [6.07, 6.45) is 3.14. The Morgan fingerprint density at radius 2 is 1.80 bits per heavy atom. The summed E-state index contributed by atoms with van der Waals surface area (Å²) >= 11 is 0. The van der Waals surface area contributed by atoms with E-state index in [1.165, 1.54) is 30.5 Å². The van der Waals surface area contributed by atoms with Crippen molar-refractivity contribution >= 4 is 26.7 Å². The Labute approximate surface area is 172 Å². The standard InChI is InChI=1S/C22H17FN2O4S/c1-14-2-5-18(11-19(14)23)30(27,28)17-6-3-15(4-7-17)12-25-22(26)20-10-16-8-9-24-13-21(16)29-20/h2-11,13H,12H2,1H3,(H,25,26). The van der Waals surface area contributed by atoms with Crippen LogP contribution < -0.4 is 5.32 Å². The molecule has 8 heteroatoms. The molecule has 0 aliphatic rings. The molecule has 4 aromatic rings. The summed E-state index contributed by atoms with van der Waals surface area (Å²) in [5.41, 5.74) is 1.60. The van der Waals surface area contributed by atoms with Crippen LogP contribution in [0.4, 0.5) is 4.39 Å². The van der Waals surface area contributed by atoms with E-state index in [0.717, 1.165) is 11.5 Å². The molecule has 2 aromatic carbocycles. The van der Waals surface area contributed by atoms with Gasteiger partial charge in [-0.25, -0.2) is 12.8 Å². The summed E-state index contributed by atoms with van der Waals surface area (Å²) in [6.45, 7) is 1.75. The van der Waals surface area contributed by atoms with Gasteiger partial charge in [-0.1, -0.05) is 18.2 Å². The number of carbonyl (C=O) groups is 1. The lowest BCUT2D eigenvalue weighted by molar-refractivity contribution is 0.0925. The third-order valence-corrected chi connectivity index (χ3v) is 6.45. The van der Waals surface area contributed by atoms with E-state index < -0.39 is 21.6 Å². The van der Waals surface area contributed by atoms with Crippen molar-refractivity contribution in [2.75, 3.05) is 0 Å². The topological polar surface area (TPSA) is 89.3 Å². The number of sulfone groups is 1. The fraction of sp³-hybridized carbons (Fsp3) is 0.0909. The van der Waals surface area contributed by atoms with Gasteiger partial charge in [-0.15, -0.1) is 0 Å². The quantitative estimate of drug-likeness (QED) is 0.522. The number of aromatic nitrogens is 1. The molecule has 6 nitrogen and oxygen atoms in total. The lowest BCUT2D eigenvalue weighted by Crippen LogP contribution is -2.22. The molecule has 0 atom stereocenters. The van der Waals surface area contributed by atoms with Crippen LogP contribution in [-0.4, -0.2) is 19.3 Å². The summed E-state index contributed by atoms with van der Waals surface area (Å²) in [6, 6.07) is 13.3. The first-order valence-corrected chi connectivity index (χ1v) is 10.5.